The lowest BCUT2D eigenvalue weighted by Crippen LogP contribution is -2.36. The van der Waals surface area contributed by atoms with Crippen molar-refractivity contribution in [1.29, 1.82) is 0 Å². The van der Waals surface area contributed by atoms with Gasteiger partial charge in [-0.05, 0) is 43.5 Å². The molecule has 3 heterocycles. The van der Waals surface area contributed by atoms with Gasteiger partial charge < -0.3 is 19.9 Å². The van der Waals surface area contributed by atoms with E-state index in [-0.39, 0.29) is 5.91 Å². The maximum Gasteiger partial charge on any atom is 0.256 e. The van der Waals surface area contributed by atoms with Gasteiger partial charge in [0.05, 0.1) is 13.2 Å². The van der Waals surface area contributed by atoms with Crippen LogP contribution in [0.1, 0.15) is 29.6 Å². The number of ether oxygens (including phenoxy) is 1. The van der Waals surface area contributed by atoms with Crippen LogP contribution in [0.2, 0.25) is 0 Å². The summed E-state index contributed by atoms with van der Waals surface area (Å²) in [7, 11) is 0. The second-order valence-corrected chi connectivity index (χ2v) is 6.91. The highest BCUT2D eigenvalue weighted by Crippen LogP contribution is 2.20. The Bertz CT molecular complexity index is 768. The van der Waals surface area contributed by atoms with Crippen molar-refractivity contribution in [2.24, 2.45) is 0 Å². The molecular weight excluding hydrogens is 342 g/mol. The number of benzene rings is 1. The maximum atomic E-state index is 12.6. The average molecular weight is 367 g/mol. The summed E-state index contributed by atoms with van der Waals surface area (Å²) in [5, 5.41) is 2.89. The number of aromatic nitrogens is 2. The van der Waals surface area contributed by atoms with Crippen molar-refractivity contribution in [3.63, 3.8) is 0 Å². The Morgan fingerprint density at radius 1 is 0.926 bits per heavy atom. The summed E-state index contributed by atoms with van der Waals surface area (Å²) in [5.74, 6) is 1.25. The fourth-order valence-electron chi connectivity index (χ4n) is 3.55. The lowest BCUT2D eigenvalue weighted by Gasteiger charge is -2.28. The minimum atomic E-state index is -0.160. The Hall–Kier alpha value is -2.67. The summed E-state index contributed by atoms with van der Waals surface area (Å²) in [6.45, 7) is 5.27. The number of carbonyl (C=O) groups excluding carboxylic acids is 1. The molecule has 142 valence electrons. The summed E-state index contributed by atoms with van der Waals surface area (Å²) >= 11 is 0. The number of morpholine rings is 1. The standard InChI is InChI=1S/C20H25N5O2/c26-20(16-4-6-17(7-5-16)24-10-12-27-13-11-24)23-18-14-19(22-15-21-18)25-8-2-1-3-9-25/h4-7,14-15H,1-3,8-13H2,(H,21,22,23,26). The monoisotopic (exact) mass is 367 g/mol. The first-order chi connectivity index (χ1) is 13.3. The summed E-state index contributed by atoms with van der Waals surface area (Å²) in [4.78, 5) is 25.6. The van der Waals surface area contributed by atoms with E-state index in [0.717, 1.165) is 50.9 Å². The predicted molar refractivity (Wildman–Crippen MR) is 106 cm³/mol. The molecule has 2 aromatic rings. The van der Waals surface area contributed by atoms with Crippen LogP contribution in [0.5, 0.6) is 0 Å². The normalized spacial score (nSPS) is 17.6. The first-order valence-electron chi connectivity index (χ1n) is 9.61. The van der Waals surface area contributed by atoms with Crippen LogP contribution in [0.15, 0.2) is 36.7 Å². The van der Waals surface area contributed by atoms with Gasteiger partial charge >= 0.3 is 0 Å². The van der Waals surface area contributed by atoms with Crippen molar-refractivity contribution in [3.8, 4) is 0 Å². The third kappa shape index (κ3) is 4.36. The smallest absolute Gasteiger partial charge is 0.256 e. The Morgan fingerprint density at radius 3 is 2.41 bits per heavy atom. The van der Waals surface area contributed by atoms with E-state index in [1.807, 2.05) is 30.3 Å². The molecule has 0 radical (unpaired) electrons. The quantitative estimate of drug-likeness (QED) is 0.896. The zero-order valence-electron chi connectivity index (χ0n) is 15.4. The third-order valence-corrected chi connectivity index (χ3v) is 5.08. The molecule has 0 atom stereocenters. The molecule has 0 spiro atoms. The van der Waals surface area contributed by atoms with Crippen LogP contribution in [0, 0.1) is 0 Å². The summed E-state index contributed by atoms with van der Waals surface area (Å²) in [6.07, 6.45) is 5.15. The van der Waals surface area contributed by atoms with Gasteiger partial charge in [-0.25, -0.2) is 9.97 Å². The average Bonchev–Trinajstić information content (AvgIpc) is 2.75. The molecule has 0 unspecified atom stereocenters. The van der Waals surface area contributed by atoms with Crippen molar-refractivity contribution in [3.05, 3.63) is 42.2 Å². The lowest BCUT2D eigenvalue weighted by atomic mass is 10.1. The highest BCUT2D eigenvalue weighted by Gasteiger charge is 2.15. The zero-order valence-corrected chi connectivity index (χ0v) is 15.4. The number of carbonyl (C=O) groups is 1. The largest absolute Gasteiger partial charge is 0.378 e. The molecule has 2 fully saturated rings. The lowest BCUT2D eigenvalue weighted by molar-refractivity contribution is 0.102. The molecule has 0 aliphatic carbocycles. The van der Waals surface area contributed by atoms with Gasteiger partial charge in [-0.1, -0.05) is 0 Å². The first-order valence-corrected chi connectivity index (χ1v) is 9.61. The number of anilines is 3. The summed E-state index contributed by atoms with van der Waals surface area (Å²) in [6, 6.07) is 9.53. The van der Waals surface area contributed by atoms with Gasteiger partial charge in [-0.2, -0.15) is 0 Å². The minimum absolute atomic E-state index is 0.160. The van der Waals surface area contributed by atoms with Crippen LogP contribution in [0.4, 0.5) is 17.3 Å². The van der Waals surface area contributed by atoms with Crippen LogP contribution in [0.25, 0.3) is 0 Å². The van der Waals surface area contributed by atoms with E-state index in [1.165, 1.54) is 25.6 Å². The molecule has 1 amide bonds. The molecule has 1 aromatic heterocycles. The summed E-state index contributed by atoms with van der Waals surface area (Å²) in [5.41, 5.74) is 1.73. The van der Waals surface area contributed by atoms with Crippen LogP contribution in [-0.4, -0.2) is 55.3 Å². The van der Waals surface area contributed by atoms with E-state index >= 15 is 0 Å². The van der Waals surface area contributed by atoms with Gasteiger partial charge in [0.1, 0.15) is 18.0 Å². The topological polar surface area (TPSA) is 70.6 Å². The van der Waals surface area contributed by atoms with Gasteiger partial charge in [-0.15, -0.1) is 0 Å². The van der Waals surface area contributed by atoms with Crippen molar-refractivity contribution in [2.45, 2.75) is 19.3 Å². The first kappa shape index (κ1) is 17.7. The Balaban J connectivity index is 1.41. The number of piperidine rings is 1. The van der Waals surface area contributed by atoms with Crippen LogP contribution < -0.4 is 15.1 Å². The van der Waals surface area contributed by atoms with Crippen LogP contribution in [-0.2, 0) is 4.74 Å². The number of nitrogens with one attached hydrogen (secondary N) is 1. The van der Waals surface area contributed by atoms with Gasteiger partial charge in [0.15, 0.2) is 0 Å². The van der Waals surface area contributed by atoms with Crippen molar-refractivity contribution < 1.29 is 9.53 Å². The number of rotatable bonds is 4. The molecule has 0 bridgehead atoms. The molecule has 1 aromatic carbocycles. The van der Waals surface area contributed by atoms with E-state index < -0.39 is 0 Å². The van der Waals surface area contributed by atoms with Crippen molar-refractivity contribution in [2.75, 3.05) is 54.5 Å². The molecule has 0 saturated carbocycles. The van der Waals surface area contributed by atoms with E-state index in [4.69, 9.17) is 4.74 Å². The fraction of sp³-hybridized carbons (Fsp3) is 0.450. The molecule has 27 heavy (non-hydrogen) atoms. The van der Waals surface area contributed by atoms with E-state index in [0.29, 0.717) is 11.4 Å². The summed E-state index contributed by atoms with van der Waals surface area (Å²) < 4.78 is 5.38. The molecule has 4 rings (SSSR count). The Morgan fingerprint density at radius 2 is 1.67 bits per heavy atom. The second kappa shape index (κ2) is 8.35. The zero-order chi connectivity index (χ0) is 18.5. The fourth-order valence-corrected chi connectivity index (χ4v) is 3.55. The van der Waals surface area contributed by atoms with E-state index in [9.17, 15) is 4.79 Å². The molecule has 2 aliphatic rings. The Labute approximate surface area is 159 Å². The predicted octanol–water partition coefficient (Wildman–Crippen LogP) is 2.56. The molecule has 1 N–H and O–H groups in total. The van der Waals surface area contributed by atoms with Crippen molar-refractivity contribution >= 4 is 23.2 Å². The number of hydrogen-bond acceptors (Lipinski definition) is 6. The van der Waals surface area contributed by atoms with Crippen molar-refractivity contribution in [1.82, 2.24) is 9.97 Å². The third-order valence-electron chi connectivity index (χ3n) is 5.08. The van der Waals surface area contributed by atoms with Gasteiger partial charge in [0, 0.05) is 43.5 Å². The molecule has 2 saturated heterocycles. The molecular formula is C20H25N5O2. The second-order valence-electron chi connectivity index (χ2n) is 6.91. The van der Waals surface area contributed by atoms with Gasteiger partial charge in [0.2, 0.25) is 0 Å². The molecule has 7 nitrogen and oxygen atoms in total. The highest BCUT2D eigenvalue weighted by molar-refractivity contribution is 6.04. The van der Waals surface area contributed by atoms with Gasteiger partial charge in [0.25, 0.3) is 5.91 Å². The number of hydrogen-bond donors (Lipinski definition) is 1. The van der Waals surface area contributed by atoms with E-state index in [1.54, 1.807) is 0 Å². The minimum Gasteiger partial charge on any atom is -0.378 e. The number of amides is 1. The Kier molecular flexibility index (Phi) is 5.48. The van der Waals surface area contributed by atoms with Crippen LogP contribution >= 0.6 is 0 Å². The maximum absolute atomic E-state index is 12.6. The number of nitrogens with zero attached hydrogens (tertiary/aromatic N) is 4. The SMILES string of the molecule is O=C(Nc1cc(N2CCCCC2)ncn1)c1ccc(N2CCOCC2)cc1. The van der Waals surface area contributed by atoms with E-state index in [2.05, 4.69) is 25.1 Å². The highest BCUT2D eigenvalue weighted by atomic mass is 16.5. The van der Waals surface area contributed by atoms with Crippen LogP contribution in [0.3, 0.4) is 0 Å². The molecule has 2 aliphatic heterocycles. The molecule has 7 heteroatoms. The van der Waals surface area contributed by atoms with Gasteiger partial charge in [-0.3, -0.25) is 4.79 Å².